The van der Waals surface area contributed by atoms with E-state index in [1.54, 1.807) is 31.6 Å². The summed E-state index contributed by atoms with van der Waals surface area (Å²) in [6.45, 7) is 8.77. The molecule has 0 aromatic carbocycles. The molecule has 0 atom stereocenters. The molecule has 3 nitrogen and oxygen atoms in total. The molecule has 0 fully saturated rings. The summed E-state index contributed by atoms with van der Waals surface area (Å²) in [5.41, 5.74) is 1.89. The first kappa shape index (κ1) is 16.1. The highest BCUT2D eigenvalue weighted by molar-refractivity contribution is 5.18. The van der Waals surface area contributed by atoms with Gasteiger partial charge in [0.05, 0.1) is 18.3 Å². The zero-order valence-corrected chi connectivity index (χ0v) is 11.3. The molecule has 0 spiro atoms. The molecule has 3 heteroatoms. The van der Waals surface area contributed by atoms with Gasteiger partial charge < -0.3 is 14.9 Å². The maximum atomic E-state index is 9.38. The van der Waals surface area contributed by atoms with Crippen LogP contribution in [0.15, 0.2) is 60.0 Å². The van der Waals surface area contributed by atoms with Gasteiger partial charge in [-0.05, 0) is 50.8 Å². The minimum atomic E-state index is 0.0225. The summed E-state index contributed by atoms with van der Waals surface area (Å²) in [5.74, 6) is 0.344. The molecular formula is C15H22O3. The zero-order chi connectivity index (χ0) is 14.0. The third-order valence-corrected chi connectivity index (χ3v) is 2.25. The van der Waals surface area contributed by atoms with Crippen molar-refractivity contribution in [1.82, 2.24) is 0 Å². The van der Waals surface area contributed by atoms with Crippen molar-refractivity contribution < 1.29 is 14.9 Å². The van der Waals surface area contributed by atoms with Crippen LogP contribution in [0.1, 0.15) is 33.6 Å². The number of allylic oxidation sites excluding steroid dienone is 6. The third-order valence-electron chi connectivity index (χ3n) is 2.25. The molecule has 100 valence electrons. The van der Waals surface area contributed by atoms with Gasteiger partial charge in [0.15, 0.2) is 0 Å². The molecular weight excluding hydrogens is 228 g/mol. The van der Waals surface area contributed by atoms with Crippen LogP contribution in [-0.4, -0.2) is 10.2 Å². The van der Waals surface area contributed by atoms with Crippen LogP contribution in [0.4, 0.5) is 0 Å². The van der Waals surface area contributed by atoms with Crippen LogP contribution in [0.25, 0.3) is 0 Å². The Balaban J connectivity index is 4.67. The molecule has 18 heavy (non-hydrogen) atoms. The Morgan fingerprint density at radius 1 is 1.28 bits per heavy atom. The van der Waals surface area contributed by atoms with Crippen LogP contribution < -0.4 is 0 Å². The van der Waals surface area contributed by atoms with Crippen molar-refractivity contribution in [2.45, 2.75) is 33.6 Å². The van der Waals surface area contributed by atoms with Gasteiger partial charge in [0.1, 0.15) is 5.76 Å². The van der Waals surface area contributed by atoms with Crippen LogP contribution in [-0.2, 0) is 4.74 Å². The lowest BCUT2D eigenvalue weighted by atomic mass is 10.0. The second-order valence-corrected chi connectivity index (χ2v) is 4.02. The van der Waals surface area contributed by atoms with E-state index in [1.165, 1.54) is 6.08 Å². The molecule has 0 aliphatic rings. The molecule has 0 heterocycles. The fraction of sp³-hybridized carbons (Fsp3) is 0.333. The Morgan fingerprint density at radius 3 is 2.44 bits per heavy atom. The van der Waals surface area contributed by atoms with E-state index in [0.717, 1.165) is 11.1 Å². The highest BCUT2D eigenvalue weighted by Crippen LogP contribution is 2.17. The number of aliphatic hydroxyl groups excluding tert-OH is 2. The first-order chi connectivity index (χ1) is 8.47. The summed E-state index contributed by atoms with van der Waals surface area (Å²) in [4.78, 5) is 0. The molecule has 0 unspecified atom stereocenters. The standard InChI is InChI=1S/C15H22O3/c1-5-9-18-11-15(8-6-7-13(3)16)10-12(2)14(4)17/h5-7,9,11,16-17H,3,8,10H2,1-2,4H3/b7-6-,9-5+,14-12-,15-11-. The SMILES string of the molecule is C=C(O)/C=C\C/C(=C/O/C=C/C)C/C(C)=C(/C)O. The largest absolute Gasteiger partial charge is 0.513 e. The Hall–Kier alpha value is -1.90. The van der Waals surface area contributed by atoms with Crippen molar-refractivity contribution in [3.8, 4) is 0 Å². The van der Waals surface area contributed by atoms with Crippen molar-refractivity contribution in [2.24, 2.45) is 0 Å². The highest BCUT2D eigenvalue weighted by atomic mass is 16.5. The summed E-state index contributed by atoms with van der Waals surface area (Å²) in [7, 11) is 0. The van der Waals surface area contributed by atoms with Crippen molar-refractivity contribution >= 4 is 0 Å². The molecule has 2 N–H and O–H groups in total. The Morgan fingerprint density at radius 2 is 1.94 bits per heavy atom. The Labute approximate surface area is 109 Å². The van der Waals surface area contributed by atoms with Crippen LogP contribution in [0, 0.1) is 0 Å². The Bertz CT molecular complexity index is 381. The summed E-state index contributed by atoms with van der Waals surface area (Å²) >= 11 is 0. The van der Waals surface area contributed by atoms with Crippen molar-refractivity contribution in [1.29, 1.82) is 0 Å². The van der Waals surface area contributed by atoms with Crippen LogP contribution in [0.2, 0.25) is 0 Å². The predicted octanol–water partition coefficient (Wildman–Crippen LogP) is 4.68. The molecule has 0 aromatic rings. The Kier molecular flexibility index (Phi) is 8.20. The van der Waals surface area contributed by atoms with E-state index >= 15 is 0 Å². The van der Waals surface area contributed by atoms with Gasteiger partial charge in [-0.3, -0.25) is 0 Å². The van der Waals surface area contributed by atoms with Gasteiger partial charge in [0, 0.05) is 0 Å². The lowest BCUT2D eigenvalue weighted by molar-refractivity contribution is 0.392. The predicted molar refractivity (Wildman–Crippen MR) is 75.1 cm³/mol. The number of ether oxygens (including phenoxy) is 1. The van der Waals surface area contributed by atoms with Gasteiger partial charge >= 0.3 is 0 Å². The van der Waals surface area contributed by atoms with Crippen molar-refractivity contribution in [2.75, 3.05) is 0 Å². The summed E-state index contributed by atoms with van der Waals surface area (Å²) in [6.07, 6.45) is 9.61. The van der Waals surface area contributed by atoms with Crippen molar-refractivity contribution in [3.05, 3.63) is 60.0 Å². The smallest absolute Gasteiger partial charge is 0.108 e. The van der Waals surface area contributed by atoms with Crippen molar-refractivity contribution in [3.63, 3.8) is 0 Å². The third kappa shape index (κ3) is 8.28. The zero-order valence-electron chi connectivity index (χ0n) is 11.3. The van der Waals surface area contributed by atoms with Gasteiger partial charge in [0.25, 0.3) is 0 Å². The average Bonchev–Trinajstić information content (AvgIpc) is 2.28. The lowest BCUT2D eigenvalue weighted by Crippen LogP contribution is -1.89. The van der Waals surface area contributed by atoms with E-state index in [2.05, 4.69) is 6.58 Å². The molecule has 0 saturated carbocycles. The molecule has 0 aromatic heterocycles. The topological polar surface area (TPSA) is 49.7 Å². The van der Waals surface area contributed by atoms with E-state index in [9.17, 15) is 5.11 Å². The molecule has 0 bridgehead atoms. The number of hydrogen-bond acceptors (Lipinski definition) is 3. The van der Waals surface area contributed by atoms with E-state index in [4.69, 9.17) is 9.84 Å². The molecule has 0 saturated heterocycles. The van der Waals surface area contributed by atoms with E-state index in [0.29, 0.717) is 18.6 Å². The fourth-order valence-corrected chi connectivity index (χ4v) is 1.19. The quantitative estimate of drug-likeness (QED) is 0.509. The number of hydrogen-bond donors (Lipinski definition) is 2. The minimum Gasteiger partial charge on any atom is -0.513 e. The van der Waals surface area contributed by atoms with Crippen LogP contribution in [0.5, 0.6) is 0 Å². The van der Waals surface area contributed by atoms with E-state index in [1.807, 2.05) is 13.8 Å². The first-order valence-electron chi connectivity index (χ1n) is 5.81. The normalized spacial score (nSPS) is 14.1. The van der Waals surface area contributed by atoms with Gasteiger partial charge in [-0.2, -0.15) is 0 Å². The molecule has 0 rings (SSSR count). The average molecular weight is 250 g/mol. The summed E-state index contributed by atoms with van der Waals surface area (Å²) < 4.78 is 5.22. The lowest BCUT2D eigenvalue weighted by Gasteiger charge is -2.06. The van der Waals surface area contributed by atoms with Gasteiger partial charge in [0.2, 0.25) is 0 Å². The van der Waals surface area contributed by atoms with Gasteiger partial charge in [-0.1, -0.05) is 18.7 Å². The first-order valence-corrected chi connectivity index (χ1v) is 5.81. The second-order valence-electron chi connectivity index (χ2n) is 4.02. The second kappa shape index (κ2) is 9.16. The fourth-order valence-electron chi connectivity index (χ4n) is 1.19. The minimum absolute atomic E-state index is 0.0225. The van der Waals surface area contributed by atoms with E-state index in [-0.39, 0.29) is 5.76 Å². The summed E-state index contributed by atoms with van der Waals surface area (Å²) in [5, 5.41) is 18.3. The van der Waals surface area contributed by atoms with Crippen LogP contribution in [0.3, 0.4) is 0 Å². The molecule has 0 radical (unpaired) electrons. The number of rotatable bonds is 7. The molecule has 0 amide bonds. The monoisotopic (exact) mass is 250 g/mol. The van der Waals surface area contributed by atoms with Gasteiger partial charge in [-0.25, -0.2) is 0 Å². The molecule has 0 aliphatic carbocycles. The van der Waals surface area contributed by atoms with Crippen LogP contribution >= 0.6 is 0 Å². The van der Waals surface area contributed by atoms with Gasteiger partial charge in [-0.15, -0.1) is 0 Å². The highest BCUT2D eigenvalue weighted by Gasteiger charge is 2.01. The maximum absolute atomic E-state index is 9.38. The number of aliphatic hydroxyl groups is 2. The maximum Gasteiger partial charge on any atom is 0.108 e. The van der Waals surface area contributed by atoms with E-state index < -0.39 is 0 Å². The summed E-state index contributed by atoms with van der Waals surface area (Å²) in [6, 6.07) is 0. The molecule has 0 aliphatic heterocycles.